The zero-order valence-electron chi connectivity index (χ0n) is 14.6. The average Bonchev–Trinajstić information content (AvgIpc) is 3.13. The number of hydrogen-bond donors (Lipinski definition) is 3. The van der Waals surface area contributed by atoms with Gasteiger partial charge in [0.2, 0.25) is 5.91 Å². The molecular weight excluding hydrogens is 354 g/mol. The molecule has 0 aliphatic carbocycles. The Bertz CT molecular complexity index is 728. The summed E-state index contributed by atoms with van der Waals surface area (Å²) in [6.07, 6.45) is 3.97. The number of anilines is 1. The highest BCUT2D eigenvalue weighted by Crippen LogP contribution is 2.15. The molecule has 1 aliphatic rings. The van der Waals surface area contributed by atoms with E-state index in [0.717, 1.165) is 25.9 Å². The average molecular weight is 378 g/mol. The zero-order valence-corrected chi connectivity index (χ0v) is 15.5. The molecule has 1 saturated heterocycles. The second-order valence-electron chi connectivity index (χ2n) is 6.23. The number of aromatic nitrogens is 2. The Hall–Kier alpha value is -2.38. The van der Waals surface area contributed by atoms with E-state index in [2.05, 4.69) is 21.0 Å². The van der Waals surface area contributed by atoms with E-state index in [-0.39, 0.29) is 30.3 Å². The van der Waals surface area contributed by atoms with E-state index in [1.165, 1.54) is 0 Å². The van der Waals surface area contributed by atoms with Crippen molar-refractivity contribution in [2.45, 2.75) is 31.8 Å². The summed E-state index contributed by atoms with van der Waals surface area (Å²) in [6.45, 7) is 3.54. The van der Waals surface area contributed by atoms with Gasteiger partial charge in [0.15, 0.2) is 0 Å². The minimum absolute atomic E-state index is 0. The number of hydrogen-bond acceptors (Lipinski definition) is 4. The normalized spacial score (nSPS) is 17.7. The fraction of sp³-hybridized carbons (Fsp3) is 0.389. The predicted molar refractivity (Wildman–Crippen MR) is 103 cm³/mol. The summed E-state index contributed by atoms with van der Waals surface area (Å²) in [6, 6.07) is 10.4. The number of carbonyl (C=O) groups excluding carboxylic acids is 2. The van der Waals surface area contributed by atoms with Crippen LogP contribution in [-0.4, -0.2) is 40.7 Å². The number of rotatable bonds is 5. The molecule has 140 valence electrons. The molecule has 1 fully saturated rings. The number of benzene rings is 1. The molecule has 2 heterocycles. The largest absolute Gasteiger partial charge is 0.339 e. The molecule has 0 bridgehead atoms. The summed E-state index contributed by atoms with van der Waals surface area (Å²) in [7, 11) is 0. The number of carbonyl (C=O) groups is 2. The van der Waals surface area contributed by atoms with Crippen molar-refractivity contribution in [2.24, 2.45) is 0 Å². The summed E-state index contributed by atoms with van der Waals surface area (Å²) in [5.74, 6) is -0.617. The van der Waals surface area contributed by atoms with Gasteiger partial charge in [-0.25, -0.2) is 0 Å². The third-order valence-corrected chi connectivity index (χ3v) is 4.27. The molecule has 0 saturated carbocycles. The molecule has 1 aliphatic heterocycles. The molecule has 0 radical (unpaired) electrons. The van der Waals surface area contributed by atoms with Crippen molar-refractivity contribution in [1.29, 1.82) is 0 Å². The number of piperidine rings is 1. The summed E-state index contributed by atoms with van der Waals surface area (Å²) in [5.41, 5.74) is 1.02. The lowest BCUT2D eigenvalue weighted by Crippen LogP contribution is -2.41. The van der Waals surface area contributed by atoms with E-state index >= 15 is 0 Å². The second kappa shape index (κ2) is 9.35. The van der Waals surface area contributed by atoms with Crippen molar-refractivity contribution in [2.75, 3.05) is 18.4 Å². The number of amides is 2. The molecule has 2 amide bonds. The van der Waals surface area contributed by atoms with Crippen molar-refractivity contribution in [1.82, 2.24) is 20.4 Å². The highest BCUT2D eigenvalue weighted by Gasteiger charge is 2.20. The van der Waals surface area contributed by atoms with Gasteiger partial charge in [-0.2, -0.15) is 5.10 Å². The van der Waals surface area contributed by atoms with Crippen molar-refractivity contribution in [3.05, 3.63) is 48.3 Å². The molecule has 2 unspecified atom stereocenters. The van der Waals surface area contributed by atoms with Gasteiger partial charge in [0.05, 0.1) is 6.04 Å². The smallest absolute Gasteiger partial charge is 0.272 e. The Morgan fingerprint density at radius 3 is 2.73 bits per heavy atom. The first kappa shape index (κ1) is 19.9. The second-order valence-corrected chi connectivity index (χ2v) is 6.23. The lowest BCUT2D eigenvalue weighted by molar-refractivity contribution is -0.117. The third kappa shape index (κ3) is 5.06. The van der Waals surface area contributed by atoms with Gasteiger partial charge in [-0.1, -0.05) is 18.2 Å². The number of halogens is 1. The monoisotopic (exact) mass is 377 g/mol. The van der Waals surface area contributed by atoms with E-state index in [1.54, 1.807) is 25.1 Å². The highest BCUT2D eigenvalue weighted by atomic mass is 35.5. The maximum absolute atomic E-state index is 12.3. The van der Waals surface area contributed by atoms with Gasteiger partial charge in [-0.3, -0.25) is 14.3 Å². The Kier molecular flexibility index (Phi) is 7.17. The van der Waals surface area contributed by atoms with E-state index in [1.807, 2.05) is 29.1 Å². The maximum Gasteiger partial charge on any atom is 0.272 e. The predicted octanol–water partition coefficient (Wildman–Crippen LogP) is 1.99. The summed E-state index contributed by atoms with van der Waals surface area (Å²) in [4.78, 5) is 24.5. The molecule has 2 aromatic rings. The standard InChI is InChI=1S/C18H23N5O2.ClH/c1-13(17(24)21-14-6-3-2-4-7-14)20-18(25)16-9-11-23(22-16)15-8-5-10-19-12-15;/h2-4,6-7,9,11,13,15,19H,5,8,10,12H2,1H3,(H,20,25)(H,21,24);1H. The third-order valence-electron chi connectivity index (χ3n) is 4.27. The Labute approximate surface area is 159 Å². The lowest BCUT2D eigenvalue weighted by atomic mass is 10.1. The highest BCUT2D eigenvalue weighted by molar-refractivity contribution is 6.00. The van der Waals surface area contributed by atoms with E-state index in [4.69, 9.17) is 0 Å². The van der Waals surface area contributed by atoms with Crippen LogP contribution >= 0.6 is 12.4 Å². The molecule has 1 aromatic carbocycles. The van der Waals surface area contributed by atoms with Crippen LogP contribution in [0.4, 0.5) is 5.69 Å². The van der Waals surface area contributed by atoms with Crippen LogP contribution in [0.1, 0.15) is 36.3 Å². The SMILES string of the molecule is CC(NC(=O)c1ccn(C2CCCNC2)n1)C(=O)Nc1ccccc1.Cl. The number of nitrogens with zero attached hydrogens (tertiary/aromatic N) is 2. The first-order valence-electron chi connectivity index (χ1n) is 8.56. The molecule has 2 atom stereocenters. The minimum atomic E-state index is -0.658. The number of nitrogens with one attached hydrogen (secondary N) is 3. The first-order valence-corrected chi connectivity index (χ1v) is 8.56. The van der Waals surface area contributed by atoms with E-state index in [0.29, 0.717) is 11.4 Å². The summed E-state index contributed by atoms with van der Waals surface area (Å²) < 4.78 is 1.83. The van der Waals surface area contributed by atoms with Crippen LogP contribution in [0.25, 0.3) is 0 Å². The van der Waals surface area contributed by atoms with Crippen LogP contribution in [-0.2, 0) is 4.79 Å². The molecule has 0 spiro atoms. The Balaban J connectivity index is 0.00000243. The van der Waals surface area contributed by atoms with Crippen molar-refractivity contribution in [3.63, 3.8) is 0 Å². The van der Waals surface area contributed by atoms with E-state index in [9.17, 15) is 9.59 Å². The van der Waals surface area contributed by atoms with Crippen LogP contribution in [0, 0.1) is 0 Å². The molecule has 8 heteroatoms. The first-order chi connectivity index (χ1) is 12.1. The van der Waals surface area contributed by atoms with Crippen molar-refractivity contribution < 1.29 is 9.59 Å². The van der Waals surface area contributed by atoms with Crippen LogP contribution in [0.3, 0.4) is 0 Å². The maximum atomic E-state index is 12.3. The van der Waals surface area contributed by atoms with Crippen LogP contribution < -0.4 is 16.0 Å². The van der Waals surface area contributed by atoms with Gasteiger partial charge >= 0.3 is 0 Å². The van der Waals surface area contributed by atoms with Gasteiger partial charge in [-0.05, 0) is 44.5 Å². The van der Waals surface area contributed by atoms with Crippen molar-refractivity contribution in [3.8, 4) is 0 Å². The van der Waals surface area contributed by atoms with Gasteiger partial charge < -0.3 is 16.0 Å². The quantitative estimate of drug-likeness (QED) is 0.743. The Morgan fingerprint density at radius 1 is 1.27 bits per heavy atom. The van der Waals surface area contributed by atoms with Crippen LogP contribution in [0.5, 0.6) is 0 Å². The van der Waals surface area contributed by atoms with Crippen LogP contribution in [0.2, 0.25) is 0 Å². The van der Waals surface area contributed by atoms with E-state index < -0.39 is 6.04 Å². The van der Waals surface area contributed by atoms with Gasteiger partial charge in [0, 0.05) is 18.4 Å². The fourth-order valence-electron chi connectivity index (χ4n) is 2.83. The van der Waals surface area contributed by atoms with Crippen LogP contribution in [0.15, 0.2) is 42.6 Å². The molecule has 3 N–H and O–H groups in total. The lowest BCUT2D eigenvalue weighted by Gasteiger charge is -2.22. The van der Waals surface area contributed by atoms with Gasteiger partial charge in [0.25, 0.3) is 5.91 Å². The summed E-state index contributed by atoms with van der Waals surface area (Å²) >= 11 is 0. The molecular formula is C18H24ClN5O2. The fourth-order valence-corrected chi connectivity index (χ4v) is 2.83. The van der Waals surface area contributed by atoms with Gasteiger partial charge in [0.1, 0.15) is 11.7 Å². The number of para-hydroxylation sites is 1. The van der Waals surface area contributed by atoms with Gasteiger partial charge in [-0.15, -0.1) is 12.4 Å². The molecule has 3 rings (SSSR count). The molecule has 26 heavy (non-hydrogen) atoms. The topological polar surface area (TPSA) is 88.1 Å². The van der Waals surface area contributed by atoms with Crippen molar-refractivity contribution >= 4 is 29.9 Å². The zero-order chi connectivity index (χ0) is 17.6. The molecule has 1 aromatic heterocycles. The minimum Gasteiger partial charge on any atom is -0.339 e. The summed E-state index contributed by atoms with van der Waals surface area (Å²) in [5, 5.41) is 13.1. The molecule has 7 nitrogen and oxygen atoms in total. The Morgan fingerprint density at radius 2 is 2.04 bits per heavy atom.